The minimum Gasteiger partial charge on any atom is -0.329 e. The molecule has 0 radical (unpaired) electrons. The molecule has 0 saturated heterocycles. The van der Waals surface area contributed by atoms with E-state index in [2.05, 4.69) is 28.4 Å². The lowest BCUT2D eigenvalue weighted by molar-refractivity contribution is -0.117. The van der Waals surface area contributed by atoms with Crippen LogP contribution in [0.4, 0.5) is 5.69 Å². The van der Waals surface area contributed by atoms with Crippen LogP contribution in [0.5, 0.6) is 0 Å². The van der Waals surface area contributed by atoms with Gasteiger partial charge < -0.3 is 11.1 Å². The van der Waals surface area contributed by atoms with Gasteiger partial charge in [-0.25, -0.2) is 0 Å². The lowest BCUT2D eigenvalue weighted by Crippen LogP contribution is -2.38. The standard InChI is InChI=1S/C20H27N3O.ClH/c1-16-12-17(2)14-19(13-16)22-20(24)15-23(11-9-21)10-8-18-6-4-3-5-7-18;/h3-7,12-14H,8-11,15,21H2,1-2H3,(H,22,24);1H. The molecule has 2 rings (SSSR count). The second-order valence-corrected chi connectivity index (χ2v) is 6.22. The van der Waals surface area contributed by atoms with E-state index in [9.17, 15) is 4.79 Å². The van der Waals surface area contributed by atoms with Crippen LogP contribution in [0.2, 0.25) is 0 Å². The molecule has 4 nitrogen and oxygen atoms in total. The van der Waals surface area contributed by atoms with Gasteiger partial charge in [-0.2, -0.15) is 0 Å². The van der Waals surface area contributed by atoms with Gasteiger partial charge in [-0.15, -0.1) is 12.4 Å². The molecule has 0 spiro atoms. The second-order valence-electron chi connectivity index (χ2n) is 6.22. The lowest BCUT2D eigenvalue weighted by Gasteiger charge is -2.21. The second kappa shape index (κ2) is 10.9. The smallest absolute Gasteiger partial charge is 0.238 e. The van der Waals surface area contributed by atoms with Gasteiger partial charge in [-0.05, 0) is 49.1 Å². The van der Waals surface area contributed by atoms with Crippen LogP contribution in [0.15, 0.2) is 48.5 Å². The average molecular weight is 362 g/mol. The summed E-state index contributed by atoms with van der Waals surface area (Å²) in [5.74, 6) is 0.00140. The van der Waals surface area contributed by atoms with Crippen molar-refractivity contribution in [1.29, 1.82) is 0 Å². The summed E-state index contributed by atoms with van der Waals surface area (Å²) in [6.45, 7) is 6.50. The van der Waals surface area contributed by atoms with Crippen LogP contribution >= 0.6 is 12.4 Å². The van der Waals surface area contributed by atoms with Crippen molar-refractivity contribution in [3.63, 3.8) is 0 Å². The number of anilines is 1. The Labute approximate surface area is 156 Å². The van der Waals surface area contributed by atoms with E-state index in [0.717, 1.165) is 29.8 Å². The molecule has 0 bridgehead atoms. The molecule has 0 aromatic heterocycles. The maximum atomic E-state index is 12.3. The number of carbonyl (C=O) groups is 1. The molecule has 5 heteroatoms. The van der Waals surface area contributed by atoms with Gasteiger partial charge >= 0.3 is 0 Å². The summed E-state index contributed by atoms with van der Waals surface area (Å²) in [6.07, 6.45) is 0.914. The highest BCUT2D eigenvalue weighted by Gasteiger charge is 2.11. The molecule has 0 unspecified atom stereocenters. The Kier molecular flexibility index (Phi) is 9.21. The van der Waals surface area contributed by atoms with Gasteiger partial charge in [-0.3, -0.25) is 9.69 Å². The average Bonchev–Trinajstić information content (AvgIpc) is 2.52. The van der Waals surface area contributed by atoms with E-state index >= 15 is 0 Å². The summed E-state index contributed by atoms with van der Waals surface area (Å²) in [4.78, 5) is 14.4. The minimum absolute atomic E-state index is 0. The van der Waals surface area contributed by atoms with Crippen LogP contribution in [-0.2, 0) is 11.2 Å². The maximum absolute atomic E-state index is 12.3. The Balaban J connectivity index is 0.00000312. The lowest BCUT2D eigenvalue weighted by atomic mass is 10.1. The number of nitrogens with zero attached hydrogens (tertiary/aromatic N) is 1. The molecule has 0 saturated carbocycles. The van der Waals surface area contributed by atoms with Crippen molar-refractivity contribution >= 4 is 24.0 Å². The third kappa shape index (κ3) is 7.69. The van der Waals surface area contributed by atoms with Crippen molar-refractivity contribution in [2.45, 2.75) is 20.3 Å². The fraction of sp³-hybridized carbons (Fsp3) is 0.350. The number of benzene rings is 2. The highest BCUT2D eigenvalue weighted by atomic mass is 35.5. The highest BCUT2D eigenvalue weighted by Crippen LogP contribution is 2.13. The van der Waals surface area contributed by atoms with Crippen molar-refractivity contribution in [2.75, 3.05) is 31.5 Å². The Bertz CT molecular complexity index is 641. The van der Waals surface area contributed by atoms with Crippen molar-refractivity contribution in [3.05, 3.63) is 65.2 Å². The quantitative estimate of drug-likeness (QED) is 0.759. The van der Waals surface area contributed by atoms with Gasteiger partial charge in [-0.1, -0.05) is 36.4 Å². The fourth-order valence-electron chi connectivity index (χ4n) is 2.83. The SMILES string of the molecule is Cc1cc(C)cc(NC(=O)CN(CCN)CCc2ccccc2)c1.Cl. The zero-order valence-electron chi connectivity index (χ0n) is 15.0. The minimum atomic E-state index is 0. The molecule has 0 aliphatic rings. The fourth-order valence-corrected chi connectivity index (χ4v) is 2.83. The number of hydrogen-bond acceptors (Lipinski definition) is 3. The van der Waals surface area contributed by atoms with Crippen molar-refractivity contribution in [3.8, 4) is 0 Å². The molecule has 0 aliphatic heterocycles. The molecule has 1 amide bonds. The number of hydrogen-bond donors (Lipinski definition) is 2. The summed E-state index contributed by atoms with van der Waals surface area (Å²) < 4.78 is 0. The number of rotatable bonds is 8. The van der Waals surface area contributed by atoms with Crippen LogP contribution in [0, 0.1) is 13.8 Å². The summed E-state index contributed by atoms with van der Waals surface area (Å²) >= 11 is 0. The van der Waals surface area contributed by atoms with Crippen LogP contribution in [0.1, 0.15) is 16.7 Å². The van der Waals surface area contributed by atoms with E-state index in [1.807, 2.05) is 44.2 Å². The predicted molar refractivity (Wildman–Crippen MR) is 107 cm³/mol. The number of nitrogens with one attached hydrogen (secondary N) is 1. The normalized spacial score (nSPS) is 10.4. The molecule has 0 heterocycles. The third-order valence-corrected chi connectivity index (χ3v) is 3.88. The van der Waals surface area contributed by atoms with Gasteiger partial charge in [0.25, 0.3) is 0 Å². The Morgan fingerprint density at radius 1 is 1.04 bits per heavy atom. The van der Waals surface area contributed by atoms with E-state index < -0.39 is 0 Å². The van der Waals surface area contributed by atoms with Crippen molar-refractivity contribution in [1.82, 2.24) is 4.90 Å². The zero-order valence-corrected chi connectivity index (χ0v) is 15.8. The summed E-state index contributed by atoms with van der Waals surface area (Å²) in [5, 5.41) is 2.99. The van der Waals surface area contributed by atoms with Crippen LogP contribution < -0.4 is 11.1 Å². The van der Waals surface area contributed by atoms with Crippen molar-refractivity contribution < 1.29 is 4.79 Å². The molecular formula is C20H28ClN3O. The zero-order chi connectivity index (χ0) is 17.4. The number of halogens is 1. The first-order valence-electron chi connectivity index (χ1n) is 8.41. The summed E-state index contributed by atoms with van der Waals surface area (Å²) in [5.41, 5.74) is 10.1. The van der Waals surface area contributed by atoms with Crippen LogP contribution in [-0.4, -0.2) is 37.0 Å². The highest BCUT2D eigenvalue weighted by molar-refractivity contribution is 5.92. The maximum Gasteiger partial charge on any atom is 0.238 e. The van der Waals surface area contributed by atoms with E-state index in [1.165, 1.54) is 5.56 Å². The third-order valence-electron chi connectivity index (χ3n) is 3.88. The molecule has 0 atom stereocenters. The van der Waals surface area contributed by atoms with Crippen LogP contribution in [0.25, 0.3) is 0 Å². The van der Waals surface area contributed by atoms with Gasteiger partial charge in [0.05, 0.1) is 6.54 Å². The van der Waals surface area contributed by atoms with Crippen LogP contribution in [0.3, 0.4) is 0 Å². The first-order chi connectivity index (χ1) is 11.6. The van der Waals surface area contributed by atoms with E-state index in [0.29, 0.717) is 19.6 Å². The molecular weight excluding hydrogens is 334 g/mol. The monoisotopic (exact) mass is 361 g/mol. The largest absolute Gasteiger partial charge is 0.329 e. The first-order valence-corrected chi connectivity index (χ1v) is 8.41. The van der Waals surface area contributed by atoms with E-state index in [-0.39, 0.29) is 18.3 Å². The molecule has 0 aliphatic carbocycles. The van der Waals surface area contributed by atoms with Gasteiger partial charge in [0.2, 0.25) is 5.91 Å². The predicted octanol–water partition coefficient (Wildman–Crippen LogP) is 3.17. The molecule has 25 heavy (non-hydrogen) atoms. The van der Waals surface area contributed by atoms with Crippen molar-refractivity contribution in [2.24, 2.45) is 5.73 Å². The number of aryl methyl sites for hydroxylation is 2. The molecule has 2 aromatic carbocycles. The van der Waals surface area contributed by atoms with E-state index in [4.69, 9.17) is 5.73 Å². The topological polar surface area (TPSA) is 58.4 Å². The molecule has 136 valence electrons. The summed E-state index contributed by atoms with van der Waals surface area (Å²) in [6, 6.07) is 16.4. The molecule has 0 fully saturated rings. The number of carbonyl (C=O) groups excluding carboxylic acids is 1. The molecule has 3 N–H and O–H groups in total. The number of nitrogens with two attached hydrogens (primary N) is 1. The van der Waals surface area contributed by atoms with Gasteiger partial charge in [0, 0.05) is 25.3 Å². The Hall–Kier alpha value is -1.88. The Morgan fingerprint density at radius 3 is 2.28 bits per heavy atom. The summed E-state index contributed by atoms with van der Waals surface area (Å²) in [7, 11) is 0. The number of amides is 1. The Morgan fingerprint density at radius 2 is 1.68 bits per heavy atom. The molecule has 2 aromatic rings. The first kappa shape index (κ1) is 21.2. The van der Waals surface area contributed by atoms with Gasteiger partial charge in [0.1, 0.15) is 0 Å². The van der Waals surface area contributed by atoms with E-state index in [1.54, 1.807) is 0 Å². The van der Waals surface area contributed by atoms with Gasteiger partial charge in [0.15, 0.2) is 0 Å².